The first kappa shape index (κ1) is 9.27. The van der Waals surface area contributed by atoms with E-state index in [2.05, 4.69) is 14.8 Å². The molecule has 7 unspecified atom stereocenters. The molecule has 0 aromatic rings. The molecule has 0 aliphatic heterocycles. The Balaban J connectivity index is 1.90. The van der Waals surface area contributed by atoms with E-state index in [9.17, 15) is 5.11 Å². The van der Waals surface area contributed by atoms with Gasteiger partial charge in [-0.15, -0.1) is 0 Å². The van der Waals surface area contributed by atoms with E-state index in [0.29, 0.717) is 5.92 Å². The standard InChI is InChI=1S/C12H21BO/c1-6-11-7(2-4-9(11)13)8-3-5-10(14)12(6)8/h6-12,14H,2-5,13H2,1H3. The maximum Gasteiger partial charge on any atom is 0.105 e. The molecular formula is C12H21BO. The maximum absolute atomic E-state index is 10.0. The first-order valence-electron chi connectivity index (χ1n) is 6.38. The molecule has 7 atom stereocenters. The van der Waals surface area contributed by atoms with Gasteiger partial charge in [-0.3, -0.25) is 0 Å². The summed E-state index contributed by atoms with van der Waals surface area (Å²) in [7, 11) is 2.43. The van der Waals surface area contributed by atoms with Gasteiger partial charge in [0.05, 0.1) is 6.10 Å². The Morgan fingerprint density at radius 1 is 1.00 bits per heavy atom. The highest BCUT2D eigenvalue weighted by atomic mass is 16.3. The van der Waals surface area contributed by atoms with Gasteiger partial charge in [0.2, 0.25) is 0 Å². The van der Waals surface area contributed by atoms with Crippen molar-refractivity contribution in [2.75, 3.05) is 0 Å². The minimum Gasteiger partial charge on any atom is -0.393 e. The molecule has 14 heavy (non-hydrogen) atoms. The van der Waals surface area contributed by atoms with Crippen LogP contribution in [0.2, 0.25) is 5.82 Å². The normalized spacial score (nSPS) is 61.4. The van der Waals surface area contributed by atoms with Gasteiger partial charge in [0.25, 0.3) is 0 Å². The zero-order valence-corrected chi connectivity index (χ0v) is 9.32. The fourth-order valence-electron chi connectivity index (χ4n) is 5.20. The van der Waals surface area contributed by atoms with Crippen molar-refractivity contribution in [3.8, 4) is 0 Å². The van der Waals surface area contributed by atoms with Gasteiger partial charge >= 0.3 is 0 Å². The average Bonchev–Trinajstić information content (AvgIpc) is 2.74. The van der Waals surface area contributed by atoms with Crippen molar-refractivity contribution in [3.05, 3.63) is 0 Å². The topological polar surface area (TPSA) is 20.2 Å². The Hall–Kier alpha value is 0.0249. The molecule has 0 radical (unpaired) electrons. The van der Waals surface area contributed by atoms with Crippen LogP contribution in [0.3, 0.4) is 0 Å². The summed E-state index contributed by atoms with van der Waals surface area (Å²) < 4.78 is 0. The lowest BCUT2D eigenvalue weighted by Crippen LogP contribution is -2.23. The molecule has 0 aromatic heterocycles. The second-order valence-electron chi connectivity index (χ2n) is 6.04. The molecule has 0 amide bonds. The van der Waals surface area contributed by atoms with Crippen LogP contribution in [-0.4, -0.2) is 19.1 Å². The molecule has 1 N–H and O–H groups in total. The molecule has 3 fully saturated rings. The second kappa shape index (κ2) is 3.01. The van der Waals surface area contributed by atoms with E-state index in [0.717, 1.165) is 35.9 Å². The molecule has 1 nitrogen and oxygen atoms in total. The molecule has 0 aromatic carbocycles. The zero-order valence-electron chi connectivity index (χ0n) is 9.32. The lowest BCUT2D eigenvalue weighted by Gasteiger charge is -2.24. The van der Waals surface area contributed by atoms with E-state index in [4.69, 9.17) is 0 Å². The van der Waals surface area contributed by atoms with E-state index < -0.39 is 0 Å². The summed E-state index contributed by atoms with van der Waals surface area (Å²) in [5, 5.41) is 10.0. The molecule has 0 heterocycles. The molecule has 3 rings (SSSR count). The van der Waals surface area contributed by atoms with Gasteiger partial charge in [-0.25, -0.2) is 0 Å². The molecule has 78 valence electrons. The quantitative estimate of drug-likeness (QED) is 0.576. The van der Waals surface area contributed by atoms with Gasteiger partial charge in [0, 0.05) is 0 Å². The molecule has 2 heteroatoms. The SMILES string of the molecule is BC1CCC2C3CCC(O)C3C(C)C12. The predicted molar refractivity (Wildman–Crippen MR) is 59.9 cm³/mol. The first-order chi connectivity index (χ1) is 6.70. The Morgan fingerprint density at radius 2 is 1.64 bits per heavy atom. The number of hydrogen-bond acceptors (Lipinski definition) is 1. The van der Waals surface area contributed by atoms with E-state index in [1.54, 1.807) is 0 Å². The van der Waals surface area contributed by atoms with Gasteiger partial charge < -0.3 is 5.11 Å². The van der Waals surface area contributed by atoms with Crippen molar-refractivity contribution in [1.82, 2.24) is 0 Å². The number of aliphatic hydroxyl groups is 1. The second-order valence-corrected chi connectivity index (χ2v) is 6.04. The summed E-state index contributed by atoms with van der Waals surface area (Å²) >= 11 is 0. The average molecular weight is 192 g/mol. The third-order valence-corrected chi connectivity index (χ3v) is 5.61. The smallest absolute Gasteiger partial charge is 0.105 e. The summed E-state index contributed by atoms with van der Waals surface area (Å²) in [5.41, 5.74) is 0. The Morgan fingerprint density at radius 3 is 2.43 bits per heavy atom. The van der Waals surface area contributed by atoms with Crippen LogP contribution in [0.25, 0.3) is 0 Å². The molecule has 3 aliphatic carbocycles. The van der Waals surface area contributed by atoms with Crippen molar-refractivity contribution in [2.24, 2.45) is 29.6 Å². The molecule has 3 saturated carbocycles. The fourth-order valence-corrected chi connectivity index (χ4v) is 5.20. The van der Waals surface area contributed by atoms with E-state index in [-0.39, 0.29) is 6.10 Å². The highest BCUT2D eigenvalue weighted by molar-refractivity contribution is 6.12. The van der Waals surface area contributed by atoms with Crippen LogP contribution in [0.5, 0.6) is 0 Å². The summed E-state index contributed by atoms with van der Waals surface area (Å²) in [5.74, 6) is 5.18. The van der Waals surface area contributed by atoms with Crippen LogP contribution in [0, 0.1) is 29.6 Å². The van der Waals surface area contributed by atoms with Crippen LogP contribution in [0.1, 0.15) is 32.6 Å². The summed E-state index contributed by atoms with van der Waals surface area (Å²) in [6.07, 6.45) is 5.32. The zero-order chi connectivity index (χ0) is 9.87. The number of rotatable bonds is 0. The highest BCUT2D eigenvalue weighted by Crippen LogP contribution is 2.62. The van der Waals surface area contributed by atoms with Crippen molar-refractivity contribution >= 4 is 7.85 Å². The molecule has 0 saturated heterocycles. The van der Waals surface area contributed by atoms with Crippen LogP contribution in [0.15, 0.2) is 0 Å². The van der Waals surface area contributed by atoms with E-state index in [1.807, 2.05) is 0 Å². The molecule has 0 bridgehead atoms. The third-order valence-electron chi connectivity index (χ3n) is 5.61. The summed E-state index contributed by atoms with van der Waals surface area (Å²) in [6, 6.07) is 0. The van der Waals surface area contributed by atoms with Crippen LogP contribution in [-0.2, 0) is 0 Å². The lowest BCUT2D eigenvalue weighted by molar-refractivity contribution is 0.0954. The van der Waals surface area contributed by atoms with Crippen LogP contribution >= 0.6 is 0 Å². The van der Waals surface area contributed by atoms with Crippen LogP contribution in [0.4, 0.5) is 0 Å². The van der Waals surface area contributed by atoms with Crippen molar-refractivity contribution in [2.45, 2.75) is 44.5 Å². The third kappa shape index (κ3) is 1.01. The van der Waals surface area contributed by atoms with Crippen LogP contribution < -0.4 is 0 Å². The van der Waals surface area contributed by atoms with Gasteiger partial charge in [-0.2, -0.15) is 0 Å². The maximum atomic E-state index is 10.0. The Bertz CT molecular complexity index is 218. The number of hydrogen-bond donors (Lipinski definition) is 1. The lowest BCUT2D eigenvalue weighted by atomic mass is 9.72. The Kier molecular flexibility index (Phi) is 1.99. The molecule has 0 spiro atoms. The minimum atomic E-state index is 0.0350. The van der Waals surface area contributed by atoms with Crippen molar-refractivity contribution < 1.29 is 5.11 Å². The Labute approximate surface area is 87.7 Å². The van der Waals surface area contributed by atoms with Gasteiger partial charge in [0.15, 0.2) is 0 Å². The van der Waals surface area contributed by atoms with E-state index in [1.165, 1.54) is 19.3 Å². The van der Waals surface area contributed by atoms with Crippen molar-refractivity contribution in [1.29, 1.82) is 0 Å². The summed E-state index contributed by atoms with van der Waals surface area (Å²) in [4.78, 5) is 0. The number of aliphatic hydroxyl groups excluding tert-OH is 1. The fraction of sp³-hybridized carbons (Fsp3) is 1.00. The van der Waals surface area contributed by atoms with Gasteiger partial charge in [0.1, 0.15) is 7.85 Å². The number of fused-ring (bicyclic) bond motifs is 3. The minimum absolute atomic E-state index is 0.0350. The largest absolute Gasteiger partial charge is 0.393 e. The van der Waals surface area contributed by atoms with Crippen molar-refractivity contribution in [3.63, 3.8) is 0 Å². The molecule has 3 aliphatic rings. The highest BCUT2D eigenvalue weighted by Gasteiger charge is 2.56. The molecular weight excluding hydrogens is 171 g/mol. The van der Waals surface area contributed by atoms with Gasteiger partial charge in [-0.1, -0.05) is 25.6 Å². The van der Waals surface area contributed by atoms with Gasteiger partial charge in [-0.05, 0) is 42.4 Å². The predicted octanol–water partition coefficient (Wildman–Crippen LogP) is 1.47. The van der Waals surface area contributed by atoms with E-state index >= 15 is 0 Å². The first-order valence-corrected chi connectivity index (χ1v) is 6.38. The monoisotopic (exact) mass is 192 g/mol. The summed E-state index contributed by atoms with van der Waals surface area (Å²) in [6.45, 7) is 2.40.